The van der Waals surface area contributed by atoms with Gasteiger partial charge in [0.15, 0.2) is 0 Å². The van der Waals surface area contributed by atoms with E-state index in [9.17, 15) is 14.7 Å². The van der Waals surface area contributed by atoms with Crippen molar-refractivity contribution in [3.63, 3.8) is 0 Å². The first-order chi connectivity index (χ1) is 12.1. The van der Waals surface area contributed by atoms with Crippen LogP contribution in [0.5, 0.6) is 5.75 Å². The number of likely N-dealkylation sites (tertiary alicyclic amines) is 1. The van der Waals surface area contributed by atoms with Crippen LogP contribution in [0.1, 0.15) is 41.2 Å². The summed E-state index contributed by atoms with van der Waals surface area (Å²) in [5.74, 6) is -0.744. The molecule has 4 rings (SSSR count). The third kappa shape index (κ3) is 2.77. The van der Waals surface area contributed by atoms with Crippen LogP contribution in [0.25, 0.3) is 0 Å². The second-order valence-electron chi connectivity index (χ2n) is 6.79. The number of aliphatic carboxylic acids is 1. The number of H-pyrrole nitrogens is 1. The Labute approximate surface area is 145 Å². The topological polar surface area (TPSA) is 82.6 Å². The summed E-state index contributed by atoms with van der Waals surface area (Å²) in [7, 11) is 0. The Morgan fingerprint density at radius 1 is 1.16 bits per heavy atom. The van der Waals surface area contributed by atoms with Gasteiger partial charge in [-0.2, -0.15) is 0 Å². The second kappa shape index (κ2) is 5.95. The quantitative estimate of drug-likeness (QED) is 0.880. The molecule has 1 spiro atoms. The van der Waals surface area contributed by atoms with E-state index in [1.807, 2.05) is 24.3 Å². The van der Waals surface area contributed by atoms with Crippen molar-refractivity contribution in [3.05, 3.63) is 53.9 Å². The molecule has 1 amide bonds. The van der Waals surface area contributed by atoms with E-state index in [1.54, 1.807) is 23.2 Å². The number of carbonyl (C=O) groups excluding carboxylic acids is 1. The molecular formula is C19H20N2O4. The van der Waals surface area contributed by atoms with Crippen LogP contribution in [0.3, 0.4) is 0 Å². The number of benzene rings is 1. The molecule has 1 aromatic heterocycles. The normalized spacial score (nSPS) is 21.4. The average molecular weight is 340 g/mol. The number of piperidine rings is 1. The van der Waals surface area contributed by atoms with Crippen molar-refractivity contribution in [2.75, 3.05) is 13.1 Å². The van der Waals surface area contributed by atoms with Crippen molar-refractivity contribution in [2.24, 2.45) is 0 Å². The van der Waals surface area contributed by atoms with Gasteiger partial charge in [0.25, 0.3) is 5.91 Å². The van der Waals surface area contributed by atoms with Crippen molar-refractivity contribution >= 4 is 11.9 Å². The number of nitrogens with zero attached hydrogens (tertiary/aromatic N) is 1. The summed E-state index contributed by atoms with van der Waals surface area (Å²) >= 11 is 0. The standard InChI is InChI=1S/C19H20N2O4/c22-17(15-5-3-9-20-15)21-10-7-19(8-11-21)12-14(18(23)24)13-4-1-2-6-16(13)25-19/h1-6,9,14,20H,7-8,10-12H2,(H,23,24). The minimum atomic E-state index is -0.819. The van der Waals surface area contributed by atoms with Gasteiger partial charge in [-0.05, 0) is 18.2 Å². The molecule has 1 fully saturated rings. The highest BCUT2D eigenvalue weighted by Crippen LogP contribution is 2.45. The molecule has 6 heteroatoms. The Hall–Kier alpha value is -2.76. The maximum absolute atomic E-state index is 12.5. The van der Waals surface area contributed by atoms with Crippen LogP contribution < -0.4 is 4.74 Å². The Kier molecular flexibility index (Phi) is 3.75. The number of carbonyl (C=O) groups is 2. The number of ether oxygens (including phenoxy) is 1. The average Bonchev–Trinajstić information content (AvgIpc) is 3.16. The maximum atomic E-state index is 12.5. The predicted molar refractivity (Wildman–Crippen MR) is 90.7 cm³/mol. The minimum absolute atomic E-state index is 0.0224. The van der Waals surface area contributed by atoms with E-state index in [-0.39, 0.29) is 5.91 Å². The Morgan fingerprint density at radius 2 is 1.92 bits per heavy atom. The molecule has 1 unspecified atom stereocenters. The third-order valence-corrected chi connectivity index (χ3v) is 5.29. The zero-order chi connectivity index (χ0) is 17.4. The van der Waals surface area contributed by atoms with Gasteiger partial charge in [-0.1, -0.05) is 18.2 Å². The molecule has 0 aliphatic carbocycles. The van der Waals surface area contributed by atoms with Gasteiger partial charge >= 0.3 is 5.97 Å². The number of amides is 1. The van der Waals surface area contributed by atoms with E-state index in [1.165, 1.54) is 0 Å². The van der Waals surface area contributed by atoms with Gasteiger partial charge < -0.3 is 19.7 Å². The lowest BCUT2D eigenvalue weighted by molar-refractivity contribution is -0.142. The number of para-hydroxylation sites is 1. The number of hydrogen-bond acceptors (Lipinski definition) is 3. The predicted octanol–water partition coefficient (Wildman–Crippen LogP) is 2.64. The zero-order valence-corrected chi connectivity index (χ0v) is 13.8. The minimum Gasteiger partial charge on any atom is -0.487 e. The van der Waals surface area contributed by atoms with Crippen molar-refractivity contribution in [1.82, 2.24) is 9.88 Å². The molecule has 1 aromatic carbocycles. The molecule has 0 saturated carbocycles. The molecule has 2 aromatic rings. The van der Waals surface area contributed by atoms with E-state index in [2.05, 4.69) is 4.98 Å². The van der Waals surface area contributed by atoms with E-state index in [0.717, 1.165) is 5.56 Å². The fourth-order valence-electron chi connectivity index (χ4n) is 3.90. The fourth-order valence-corrected chi connectivity index (χ4v) is 3.90. The lowest BCUT2D eigenvalue weighted by atomic mass is 9.77. The molecule has 1 atom stereocenters. The smallest absolute Gasteiger partial charge is 0.311 e. The lowest BCUT2D eigenvalue weighted by Crippen LogP contribution is -2.52. The fraction of sp³-hybridized carbons (Fsp3) is 0.368. The van der Waals surface area contributed by atoms with Crippen LogP contribution in [-0.2, 0) is 4.79 Å². The Bertz CT molecular complexity index is 792. The van der Waals surface area contributed by atoms with Crippen molar-refractivity contribution in [1.29, 1.82) is 0 Å². The molecule has 130 valence electrons. The monoisotopic (exact) mass is 340 g/mol. The van der Waals surface area contributed by atoms with Crippen LogP contribution in [0.2, 0.25) is 0 Å². The number of hydrogen-bond donors (Lipinski definition) is 2. The van der Waals surface area contributed by atoms with Gasteiger partial charge in [0.1, 0.15) is 17.0 Å². The van der Waals surface area contributed by atoms with Gasteiger partial charge in [0, 0.05) is 44.1 Å². The molecule has 0 bridgehead atoms. The second-order valence-corrected chi connectivity index (χ2v) is 6.79. The molecule has 2 aliphatic rings. The van der Waals surface area contributed by atoms with E-state index >= 15 is 0 Å². The van der Waals surface area contributed by atoms with Gasteiger partial charge in [-0.15, -0.1) is 0 Å². The van der Waals surface area contributed by atoms with E-state index in [4.69, 9.17) is 4.74 Å². The van der Waals surface area contributed by atoms with Crippen LogP contribution in [0.15, 0.2) is 42.6 Å². The van der Waals surface area contributed by atoms with E-state index < -0.39 is 17.5 Å². The highest BCUT2D eigenvalue weighted by atomic mass is 16.5. The van der Waals surface area contributed by atoms with E-state index in [0.29, 0.717) is 43.8 Å². The molecule has 1 saturated heterocycles. The van der Waals surface area contributed by atoms with Crippen molar-refractivity contribution in [3.8, 4) is 5.75 Å². The number of aromatic amines is 1. The molecule has 6 nitrogen and oxygen atoms in total. The van der Waals surface area contributed by atoms with Crippen molar-refractivity contribution < 1.29 is 19.4 Å². The SMILES string of the molecule is O=C(O)C1CC2(CCN(C(=O)c3ccc[nH]3)CC2)Oc2ccccc21. The number of rotatable bonds is 2. The molecular weight excluding hydrogens is 320 g/mol. The molecule has 25 heavy (non-hydrogen) atoms. The summed E-state index contributed by atoms with van der Waals surface area (Å²) in [6, 6.07) is 10.9. The Morgan fingerprint density at radius 3 is 2.60 bits per heavy atom. The van der Waals surface area contributed by atoms with Gasteiger partial charge in [0.2, 0.25) is 0 Å². The summed E-state index contributed by atoms with van der Waals surface area (Å²) in [6.45, 7) is 1.12. The lowest BCUT2D eigenvalue weighted by Gasteiger charge is -2.46. The summed E-state index contributed by atoms with van der Waals surface area (Å²) in [4.78, 5) is 29.0. The van der Waals surface area contributed by atoms with Crippen LogP contribution in [-0.4, -0.2) is 45.6 Å². The molecule has 2 aliphatic heterocycles. The summed E-state index contributed by atoms with van der Waals surface area (Å²) in [5, 5.41) is 9.64. The van der Waals surface area contributed by atoms with Crippen LogP contribution in [0.4, 0.5) is 0 Å². The Balaban J connectivity index is 1.53. The number of aromatic nitrogens is 1. The number of carboxylic acids is 1. The molecule has 3 heterocycles. The number of fused-ring (bicyclic) bond motifs is 1. The van der Waals surface area contributed by atoms with Crippen LogP contribution >= 0.6 is 0 Å². The first kappa shape index (κ1) is 15.7. The molecule has 0 radical (unpaired) electrons. The highest BCUT2D eigenvalue weighted by molar-refractivity contribution is 5.92. The number of nitrogens with one attached hydrogen (secondary N) is 1. The van der Waals surface area contributed by atoms with Crippen LogP contribution in [0, 0.1) is 0 Å². The van der Waals surface area contributed by atoms with Gasteiger partial charge in [-0.3, -0.25) is 9.59 Å². The summed E-state index contributed by atoms with van der Waals surface area (Å²) < 4.78 is 6.25. The van der Waals surface area contributed by atoms with Gasteiger partial charge in [-0.25, -0.2) is 0 Å². The van der Waals surface area contributed by atoms with Crippen molar-refractivity contribution in [2.45, 2.75) is 30.8 Å². The molecule has 2 N–H and O–H groups in total. The zero-order valence-electron chi connectivity index (χ0n) is 13.8. The largest absolute Gasteiger partial charge is 0.487 e. The summed E-state index contributed by atoms with van der Waals surface area (Å²) in [6.07, 6.45) is 3.45. The number of carboxylic acid groups (broad SMARTS) is 1. The first-order valence-electron chi connectivity index (χ1n) is 8.51. The highest BCUT2D eigenvalue weighted by Gasteiger charge is 2.46. The maximum Gasteiger partial charge on any atom is 0.311 e. The van der Waals surface area contributed by atoms with Gasteiger partial charge in [0.05, 0.1) is 5.92 Å². The summed E-state index contributed by atoms with van der Waals surface area (Å²) in [5.41, 5.74) is 0.809. The third-order valence-electron chi connectivity index (χ3n) is 5.29. The first-order valence-corrected chi connectivity index (χ1v) is 8.51.